The van der Waals surface area contributed by atoms with Crippen molar-refractivity contribution in [2.75, 3.05) is 0 Å². The molecule has 0 fully saturated rings. The standard InChI is InChI=1S/C54H38N2/c1-35-31-44(38-23-27-39(28-24-38)54-55-49-21-11-12-22-50(49)56(54)45-17-3-2-4-18-45)34-48-51(35)53(43-30-26-37-14-6-8-16-41(37)33-43)47-20-10-9-19-46(47)52(48)42-29-25-36-13-5-7-15-40(36)32-42/h2-30,32-35H,31H2,1H3. The fourth-order valence-electron chi connectivity index (χ4n) is 9.21. The molecule has 264 valence electrons. The molecule has 0 saturated heterocycles. The Balaban J connectivity index is 1.12. The van der Waals surface area contributed by atoms with Crippen molar-refractivity contribution in [2.24, 2.45) is 0 Å². The van der Waals surface area contributed by atoms with Gasteiger partial charge < -0.3 is 0 Å². The summed E-state index contributed by atoms with van der Waals surface area (Å²) in [7, 11) is 0. The molecule has 0 saturated carbocycles. The van der Waals surface area contributed by atoms with E-state index in [0.717, 1.165) is 34.5 Å². The quantitative estimate of drug-likeness (QED) is 0.174. The molecule has 0 aliphatic heterocycles. The van der Waals surface area contributed by atoms with Gasteiger partial charge in [0.15, 0.2) is 0 Å². The van der Waals surface area contributed by atoms with Crippen molar-refractivity contribution in [2.45, 2.75) is 19.3 Å². The van der Waals surface area contributed by atoms with E-state index in [1.54, 1.807) is 0 Å². The lowest BCUT2D eigenvalue weighted by Gasteiger charge is -2.30. The molecule has 1 unspecified atom stereocenters. The van der Waals surface area contributed by atoms with Crippen LogP contribution in [-0.2, 0) is 0 Å². The molecule has 1 aromatic heterocycles. The van der Waals surface area contributed by atoms with Crippen LogP contribution in [0.3, 0.4) is 0 Å². The van der Waals surface area contributed by atoms with Gasteiger partial charge in [0.1, 0.15) is 5.82 Å². The molecule has 11 rings (SSSR count). The first kappa shape index (κ1) is 32.4. The number of nitrogens with zero attached hydrogens (tertiary/aromatic N) is 2. The van der Waals surface area contributed by atoms with E-state index >= 15 is 0 Å². The Hall–Kier alpha value is -7.03. The molecule has 9 aromatic carbocycles. The third-order valence-electron chi connectivity index (χ3n) is 11.8. The van der Waals surface area contributed by atoms with E-state index in [-0.39, 0.29) is 5.92 Å². The average Bonchev–Trinajstić information content (AvgIpc) is 3.65. The van der Waals surface area contributed by atoms with Crippen LogP contribution in [0.4, 0.5) is 0 Å². The van der Waals surface area contributed by atoms with Crippen molar-refractivity contribution < 1.29 is 0 Å². The monoisotopic (exact) mass is 714 g/mol. The fourth-order valence-corrected chi connectivity index (χ4v) is 9.21. The lowest BCUT2D eigenvalue weighted by molar-refractivity contribution is 0.787. The second-order valence-electron chi connectivity index (χ2n) is 15.2. The zero-order chi connectivity index (χ0) is 37.2. The Morgan fingerprint density at radius 2 is 1.02 bits per heavy atom. The third kappa shape index (κ3) is 5.29. The molecule has 1 atom stereocenters. The van der Waals surface area contributed by atoms with Gasteiger partial charge in [-0.15, -0.1) is 0 Å². The Kier molecular flexibility index (Phi) is 7.57. The number of aromatic nitrogens is 2. The molecule has 56 heavy (non-hydrogen) atoms. The van der Waals surface area contributed by atoms with Crippen LogP contribution in [0.2, 0.25) is 0 Å². The van der Waals surface area contributed by atoms with E-state index in [2.05, 4.69) is 206 Å². The topological polar surface area (TPSA) is 17.8 Å². The number of rotatable bonds is 5. The summed E-state index contributed by atoms with van der Waals surface area (Å²) in [6, 6.07) is 68.5. The molecule has 1 aliphatic carbocycles. The number of hydrogen-bond donors (Lipinski definition) is 0. The second-order valence-corrected chi connectivity index (χ2v) is 15.2. The zero-order valence-electron chi connectivity index (χ0n) is 31.2. The Bertz CT molecular complexity index is 3170. The van der Waals surface area contributed by atoms with Crippen LogP contribution < -0.4 is 0 Å². The number of allylic oxidation sites excluding steroid dienone is 1. The molecule has 0 radical (unpaired) electrons. The number of hydrogen-bond acceptors (Lipinski definition) is 1. The van der Waals surface area contributed by atoms with E-state index in [1.807, 2.05) is 0 Å². The highest BCUT2D eigenvalue weighted by Gasteiger charge is 2.28. The lowest BCUT2D eigenvalue weighted by Crippen LogP contribution is -2.09. The van der Waals surface area contributed by atoms with Crippen LogP contribution in [0, 0.1) is 0 Å². The number of benzene rings is 9. The van der Waals surface area contributed by atoms with Gasteiger partial charge in [0.2, 0.25) is 0 Å². The average molecular weight is 715 g/mol. The highest BCUT2D eigenvalue weighted by atomic mass is 15.1. The molecule has 0 N–H and O–H groups in total. The number of para-hydroxylation sites is 3. The van der Waals surface area contributed by atoms with E-state index in [4.69, 9.17) is 4.98 Å². The third-order valence-corrected chi connectivity index (χ3v) is 11.8. The minimum Gasteiger partial charge on any atom is -0.292 e. The Morgan fingerprint density at radius 3 is 1.71 bits per heavy atom. The summed E-state index contributed by atoms with van der Waals surface area (Å²) >= 11 is 0. The Morgan fingerprint density at radius 1 is 0.482 bits per heavy atom. The molecule has 10 aromatic rings. The minimum atomic E-state index is 0.289. The van der Waals surface area contributed by atoms with Crippen molar-refractivity contribution in [3.63, 3.8) is 0 Å². The molecule has 1 aliphatic rings. The predicted octanol–water partition coefficient (Wildman–Crippen LogP) is 14.5. The molecule has 1 heterocycles. The van der Waals surface area contributed by atoms with Gasteiger partial charge in [-0.3, -0.25) is 4.57 Å². The van der Waals surface area contributed by atoms with Crippen molar-refractivity contribution in [3.05, 3.63) is 205 Å². The van der Waals surface area contributed by atoms with Crippen LogP contribution in [0.5, 0.6) is 0 Å². The smallest absolute Gasteiger partial charge is 0.145 e. The minimum absolute atomic E-state index is 0.289. The molecule has 0 spiro atoms. The first-order valence-electron chi connectivity index (χ1n) is 19.6. The van der Waals surface area contributed by atoms with Gasteiger partial charge in [0.05, 0.1) is 11.0 Å². The van der Waals surface area contributed by atoms with Gasteiger partial charge in [-0.2, -0.15) is 0 Å². The molecule has 0 amide bonds. The maximum atomic E-state index is 5.14. The van der Waals surface area contributed by atoms with Gasteiger partial charge in [0.25, 0.3) is 0 Å². The van der Waals surface area contributed by atoms with Crippen molar-refractivity contribution in [3.8, 4) is 39.3 Å². The fraction of sp³-hybridized carbons (Fsp3) is 0.0556. The summed E-state index contributed by atoms with van der Waals surface area (Å²) in [6.07, 6.45) is 3.45. The predicted molar refractivity (Wildman–Crippen MR) is 237 cm³/mol. The summed E-state index contributed by atoms with van der Waals surface area (Å²) in [5, 5.41) is 7.63. The molecule has 2 heteroatoms. The summed E-state index contributed by atoms with van der Waals surface area (Å²) < 4.78 is 2.28. The van der Waals surface area contributed by atoms with Gasteiger partial charge in [-0.25, -0.2) is 4.98 Å². The first-order chi connectivity index (χ1) is 27.7. The Labute approximate surface area is 326 Å². The van der Waals surface area contributed by atoms with E-state index in [1.165, 1.54) is 76.8 Å². The highest BCUT2D eigenvalue weighted by molar-refractivity contribution is 6.13. The van der Waals surface area contributed by atoms with Crippen LogP contribution in [0.1, 0.15) is 36.0 Å². The SMILES string of the molecule is CC1CC(c2ccc(-c3nc4ccccc4n3-c3ccccc3)cc2)=Cc2c1c(-c1ccc3ccccc3c1)c1ccccc1c2-c1ccc2ccccc2c1. The number of fused-ring (bicyclic) bond motifs is 5. The van der Waals surface area contributed by atoms with Crippen LogP contribution in [0.25, 0.3) is 94.3 Å². The largest absolute Gasteiger partial charge is 0.292 e. The van der Waals surface area contributed by atoms with Gasteiger partial charge in [0, 0.05) is 11.3 Å². The maximum absolute atomic E-state index is 5.14. The van der Waals surface area contributed by atoms with E-state index in [9.17, 15) is 0 Å². The second kappa shape index (κ2) is 13.1. The molecule has 2 nitrogen and oxygen atoms in total. The van der Waals surface area contributed by atoms with Gasteiger partial charge >= 0.3 is 0 Å². The van der Waals surface area contributed by atoms with Crippen LogP contribution >= 0.6 is 0 Å². The van der Waals surface area contributed by atoms with Gasteiger partial charge in [-0.1, -0.05) is 165 Å². The van der Waals surface area contributed by atoms with Crippen LogP contribution in [0.15, 0.2) is 188 Å². The normalized spacial score (nSPS) is 14.0. The lowest BCUT2D eigenvalue weighted by atomic mass is 9.73. The van der Waals surface area contributed by atoms with Crippen molar-refractivity contribution >= 4 is 55.0 Å². The highest BCUT2D eigenvalue weighted by Crippen LogP contribution is 2.51. The molecular weight excluding hydrogens is 677 g/mol. The molecular formula is C54H38N2. The summed E-state index contributed by atoms with van der Waals surface area (Å²) in [6.45, 7) is 2.42. The zero-order valence-corrected chi connectivity index (χ0v) is 31.2. The molecule has 0 bridgehead atoms. The van der Waals surface area contributed by atoms with Crippen LogP contribution in [-0.4, -0.2) is 9.55 Å². The van der Waals surface area contributed by atoms with Gasteiger partial charge in [-0.05, 0) is 126 Å². The van der Waals surface area contributed by atoms with Crippen molar-refractivity contribution in [1.82, 2.24) is 9.55 Å². The van der Waals surface area contributed by atoms with E-state index in [0.29, 0.717) is 0 Å². The number of imidazole rings is 1. The summed E-state index contributed by atoms with van der Waals surface area (Å²) in [4.78, 5) is 5.14. The van der Waals surface area contributed by atoms with E-state index < -0.39 is 0 Å². The van der Waals surface area contributed by atoms with Crippen molar-refractivity contribution in [1.29, 1.82) is 0 Å². The summed E-state index contributed by atoms with van der Waals surface area (Å²) in [5.74, 6) is 1.24. The maximum Gasteiger partial charge on any atom is 0.145 e. The first-order valence-corrected chi connectivity index (χ1v) is 19.6. The summed E-state index contributed by atoms with van der Waals surface area (Å²) in [5.41, 5.74) is 14.8.